The van der Waals surface area contributed by atoms with Gasteiger partial charge in [-0.1, -0.05) is 43.6 Å². The second-order valence-electron chi connectivity index (χ2n) is 6.91. The van der Waals surface area contributed by atoms with Crippen molar-refractivity contribution in [3.8, 4) is 0 Å². The first-order valence-corrected chi connectivity index (χ1v) is 9.18. The van der Waals surface area contributed by atoms with Gasteiger partial charge in [0.2, 0.25) is 0 Å². The summed E-state index contributed by atoms with van der Waals surface area (Å²) in [6, 6.07) is 8.05. The highest BCUT2D eigenvalue weighted by Gasteiger charge is 2.26. The van der Waals surface area contributed by atoms with Gasteiger partial charge in [0.25, 0.3) is 0 Å². The number of halogens is 1. The van der Waals surface area contributed by atoms with Gasteiger partial charge in [0.1, 0.15) is 0 Å². The van der Waals surface area contributed by atoms with Crippen molar-refractivity contribution < 1.29 is 4.74 Å². The van der Waals surface area contributed by atoms with Crippen molar-refractivity contribution in [1.82, 2.24) is 10.2 Å². The van der Waals surface area contributed by atoms with Gasteiger partial charge in [-0.2, -0.15) is 0 Å². The van der Waals surface area contributed by atoms with Crippen molar-refractivity contribution in [2.75, 3.05) is 33.3 Å². The van der Waals surface area contributed by atoms with E-state index in [0.717, 1.165) is 55.6 Å². The number of hydrogen-bond donors (Lipinski definition) is 1. The number of likely N-dealkylation sites (tertiary alicyclic amines) is 1. The summed E-state index contributed by atoms with van der Waals surface area (Å²) in [5.74, 6) is 0.963. The van der Waals surface area contributed by atoms with Crippen LogP contribution >= 0.6 is 11.6 Å². The highest BCUT2D eigenvalue weighted by Crippen LogP contribution is 2.29. The highest BCUT2D eigenvalue weighted by atomic mass is 35.5. The van der Waals surface area contributed by atoms with Gasteiger partial charge >= 0.3 is 0 Å². The molecule has 0 radical (unpaired) electrons. The van der Waals surface area contributed by atoms with Gasteiger partial charge in [-0.05, 0) is 31.4 Å². The SMILES string of the molecule is CCOC1CCN(C(=NC)NCC(C)(C)c2ccccc2Cl)CC1. The molecule has 1 N–H and O–H groups in total. The molecule has 5 heteroatoms. The Morgan fingerprint density at radius 2 is 2.00 bits per heavy atom. The maximum Gasteiger partial charge on any atom is 0.193 e. The van der Waals surface area contributed by atoms with Crippen molar-refractivity contribution in [2.24, 2.45) is 4.99 Å². The van der Waals surface area contributed by atoms with Crippen molar-refractivity contribution in [2.45, 2.75) is 45.1 Å². The molecule has 0 saturated carbocycles. The molecule has 2 rings (SSSR count). The number of nitrogens with zero attached hydrogens (tertiary/aromatic N) is 2. The van der Waals surface area contributed by atoms with E-state index in [-0.39, 0.29) is 5.41 Å². The zero-order chi connectivity index (χ0) is 17.6. The van der Waals surface area contributed by atoms with E-state index in [4.69, 9.17) is 16.3 Å². The smallest absolute Gasteiger partial charge is 0.193 e. The van der Waals surface area contributed by atoms with E-state index in [1.165, 1.54) is 0 Å². The predicted molar refractivity (Wildman–Crippen MR) is 102 cm³/mol. The molecular weight excluding hydrogens is 322 g/mol. The Hall–Kier alpha value is -1.26. The fourth-order valence-electron chi connectivity index (χ4n) is 3.21. The lowest BCUT2D eigenvalue weighted by Crippen LogP contribution is -2.49. The van der Waals surface area contributed by atoms with Crippen LogP contribution in [0.3, 0.4) is 0 Å². The normalized spacial score (nSPS) is 17.2. The fraction of sp³-hybridized carbons (Fsp3) is 0.632. The molecule has 0 unspecified atom stereocenters. The number of aliphatic imine (C=N–C) groups is 1. The van der Waals surface area contributed by atoms with Crippen LogP contribution in [-0.4, -0.2) is 50.3 Å². The minimum Gasteiger partial charge on any atom is -0.378 e. The summed E-state index contributed by atoms with van der Waals surface area (Å²) in [6.07, 6.45) is 2.51. The Kier molecular flexibility index (Phi) is 6.93. The molecule has 1 saturated heterocycles. The molecule has 1 aromatic rings. The summed E-state index contributed by atoms with van der Waals surface area (Å²) in [4.78, 5) is 6.78. The first-order valence-electron chi connectivity index (χ1n) is 8.80. The van der Waals surface area contributed by atoms with E-state index in [1.807, 2.05) is 25.2 Å². The molecular formula is C19H30ClN3O. The summed E-state index contributed by atoms with van der Waals surface area (Å²) >= 11 is 6.37. The van der Waals surface area contributed by atoms with Crippen LogP contribution in [0.5, 0.6) is 0 Å². The molecule has 4 nitrogen and oxygen atoms in total. The number of nitrogens with one attached hydrogen (secondary N) is 1. The van der Waals surface area contributed by atoms with Crippen LogP contribution in [0.1, 0.15) is 39.2 Å². The zero-order valence-electron chi connectivity index (χ0n) is 15.3. The maximum atomic E-state index is 6.37. The first-order chi connectivity index (χ1) is 11.5. The summed E-state index contributed by atoms with van der Waals surface area (Å²) in [7, 11) is 1.85. The van der Waals surface area contributed by atoms with Crippen LogP contribution in [0.25, 0.3) is 0 Å². The molecule has 0 spiro atoms. The van der Waals surface area contributed by atoms with Crippen LogP contribution in [0.4, 0.5) is 0 Å². The molecule has 1 aliphatic heterocycles. The van der Waals surface area contributed by atoms with Crippen LogP contribution in [0.15, 0.2) is 29.3 Å². The van der Waals surface area contributed by atoms with Gasteiger partial charge in [0.05, 0.1) is 6.10 Å². The maximum absolute atomic E-state index is 6.37. The van der Waals surface area contributed by atoms with E-state index in [1.54, 1.807) is 0 Å². The molecule has 1 heterocycles. The minimum atomic E-state index is -0.0715. The molecule has 134 valence electrons. The lowest BCUT2D eigenvalue weighted by molar-refractivity contribution is 0.0263. The fourth-order valence-corrected chi connectivity index (χ4v) is 3.60. The standard InChI is InChI=1S/C19H30ClN3O/c1-5-24-15-10-12-23(13-11-15)18(21-4)22-14-19(2,3)16-8-6-7-9-17(16)20/h6-9,15H,5,10-14H2,1-4H3,(H,21,22). The average molecular weight is 352 g/mol. The van der Waals surface area contributed by atoms with E-state index < -0.39 is 0 Å². The number of rotatable bonds is 5. The van der Waals surface area contributed by atoms with Gasteiger partial charge in [-0.25, -0.2) is 0 Å². The molecule has 0 bridgehead atoms. The summed E-state index contributed by atoms with van der Waals surface area (Å²) in [5.41, 5.74) is 1.09. The summed E-state index contributed by atoms with van der Waals surface area (Å²) in [6.45, 7) is 10.0. The van der Waals surface area contributed by atoms with E-state index in [0.29, 0.717) is 6.10 Å². The number of ether oxygens (including phenoxy) is 1. The third-order valence-corrected chi connectivity index (χ3v) is 4.98. The topological polar surface area (TPSA) is 36.9 Å². The molecule has 1 aromatic carbocycles. The minimum absolute atomic E-state index is 0.0715. The molecule has 0 amide bonds. The molecule has 24 heavy (non-hydrogen) atoms. The first kappa shape index (κ1) is 19.1. The van der Waals surface area contributed by atoms with Gasteiger partial charge < -0.3 is 15.0 Å². The Morgan fingerprint density at radius 3 is 2.58 bits per heavy atom. The number of benzene rings is 1. The van der Waals surface area contributed by atoms with Crippen LogP contribution in [-0.2, 0) is 10.2 Å². The Morgan fingerprint density at radius 1 is 1.33 bits per heavy atom. The summed E-state index contributed by atoms with van der Waals surface area (Å²) in [5, 5.41) is 4.34. The molecule has 1 aliphatic rings. The van der Waals surface area contributed by atoms with Crippen molar-refractivity contribution in [1.29, 1.82) is 0 Å². The van der Waals surface area contributed by atoms with Crippen molar-refractivity contribution in [3.63, 3.8) is 0 Å². The van der Waals surface area contributed by atoms with E-state index in [2.05, 4.69) is 42.0 Å². The second kappa shape index (κ2) is 8.72. The number of guanidine groups is 1. The van der Waals surface area contributed by atoms with Crippen LogP contribution in [0.2, 0.25) is 5.02 Å². The monoisotopic (exact) mass is 351 g/mol. The van der Waals surface area contributed by atoms with Crippen molar-refractivity contribution >= 4 is 17.6 Å². The zero-order valence-corrected chi connectivity index (χ0v) is 16.1. The summed E-state index contributed by atoms with van der Waals surface area (Å²) < 4.78 is 5.73. The molecule has 0 aliphatic carbocycles. The van der Waals surface area contributed by atoms with Crippen molar-refractivity contribution in [3.05, 3.63) is 34.9 Å². The highest BCUT2D eigenvalue weighted by molar-refractivity contribution is 6.31. The third-order valence-electron chi connectivity index (χ3n) is 4.65. The molecule has 0 aromatic heterocycles. The van der Waals surface area contributed by atoms with Gasteiger partial charge in [-0.3, -0.25) is 4.99 Å². The molecule has 1 fully saturated rings. The van der Waals surface area contributed by atoms with Gasteiger partial charge in [-0.15, -0.1) is 0 Å². The van der Waals surface area contributed by atoms with Gasteiger partial charge in [0.15, 0.2) is 5.96 Å². The van der Waals surface area contributed by atoms with E-state index >= 15 is 0 Å². The quantitative estimate of drug-likeness (QED) is 0.649. The number of piperidine rings is 1. The Balaban J connectivity index is 1.93. The lowest BCUT2D eigenvalue weighted by Gasteiger charge is -2.35. The largest absolute Gasteiger partial charge is 0.378 e. The average Bonchev–Trinajstić information content (AvgIpc) is 2.57. The third kappa shape index (κ3) is 4.87. The van der Waals surface area contributed by atoms with Gasteiger partial charge in [0, 0.05) is 43.7 Å². The Labute approximate surface area is 151 Å². The molecule has 0 atom stereocenters. The van der Waals surface area contributed by atoms with Crippen LogP contribution in [0, 0.1) is 0 Å². The Bertz CT molecular complexity index is 551. The predicted octanol–water partition coefficient (Wildman–Crippen LogP) is 3.69. The van der Waals surface area contributed by atoms with Crippen LogP contribution < -0.4 is 5.32 Å². The second-order valence-corrected chi connectivity index (χ2v) is 7.31. The lowest BCUT2D eigenvalue weighted by atomic mass is 9.84. The number of hydrogen-bond acceptors (Lipinski definition) is 2. The van der Waals surface area contributed by atoms with E-state index in [9.17, 15) is 0 Å².